The molecule has 0 aliphatic heterocycles. The molecule has 0 saturated carbocycles. The van der Waals surface area contributed by atoms with E-state index in [4.69, 9.17) is 0 Å². The van der Waals surface area contributed by atoms with Crippen molar-refractivity contribution in [3.8, 4) is 67.9 Å². The highest BCUT2D eigenvalue weighted by Crippen LogP contribution is 2.18. The monoisotopic (exact) mass is 1030 g/mol. The molecule has 0 bridgehead atoms. The molecule has 0 aliphatic carbocycles. The van der Waals surface area contributed by atoms with Crippen LogP contribution in [0.3, 0.4) is 0 Å². The van der Waals surface area contributed by atoms with Crippen LogP contribution in [0.5, 0.6) is 0 Å². The van der Waals surface area contributed by atoms with E-state index in [9.17, 15) is 0 Å². The Balaban J connectivity index is 0.000000136. The summed E-state index contributed by atoms with van der Waals surface area (Å²) in [6.07, 6.45) is 37.5. The highest BCUT2D eigenvalue weighted by Gasteiger charge is 2.03. The van der Waals surface area contributed by atoms with E-state index >= 15 is 0 Å². The van der Waals surface area contributed by atoms with Gasteiger partial charge in [-0.15, -0.1) is 0 Å². The van der Waals surface area contributed by atoms with Crippen molar-refractivity contribution in [3.63, 3.8) is 0 Å². The standard InChI is InChI=1S/C11H10N2.5C10H9N3/c1-9-7-12-11(13-8-9)10-5-3-2-4-6-10;1-8-12-6-10(7-13-8)9-2-4-11-5-3-9;1-8-6-12-10(13-7-8)9-2-4-11-5-3-9;1-8-12-6-10(7-13-8)9-3-2-4-11-5-9;1-8-5-12-10(13-6-8)9-3-2-4-11-7-9;1-8-6-12-10(13-7-8)9-4-2-3-5-11-9/h2-8H,1H3;5*2-7H,1H3. The molecular formula is C61H55N17. The van der Waals surface area contributed by atoms with Crippen LogP contribution in [0.15, 0.2) is 227 Å². The van der Waals surface area contributed by atoms with Crippen molar-refractivity contribution < 1.29 is 0 Å². The first-order chi connectivity index (χ1) is 38.2. The smallest absolute Gasteiger partial charge is 0.178 e. The third-order valence-corrected chi connectivity index (χ3v) is 10.5. The van der Waals surface area contributed by atoms with Crippen LogP contribution in [-0.4, -0.2) is 84.7 Å². The number of aryl methyl sites for hydroxylation is 6. The molecule has 11 aromatic heterocycles. The molecule has 17 heteroatoms. The number of aromatic nitrogens is 17. The summed E-state index contributed by atoms with van der Waals surface area (Å²) in [4.78, 5) is 70.2. The van der Waals surface area contributed by atoms with Crippen LogP contribution in [0, 0.1) is 41.5 Å². The van der Waals surface area contributed by atoms with Gasteiger partial charge >= 0.3 is 0 Å². The van der Waals surface area contributed by atoms with Gasteiger partial charge in [-0.1, -0.05) is 42.5 Å². The highest BCUT2D eigenvalue weighted by molar-refractivity contribution is 5.61. The van der Waals surface area contributed by atoms with Crippen LogP contribution in [0.4, 0.5) is 0 Å². The van der Waals surface area contributed by atoms with Crippen LogP contribution in [0.1, 0.15) is 33.9 Å². The SMILES string of the molecule is Cc1cnc(-c2ccccc2)nc1.Cc1cnc(-c2ccccn2)nc1.Cc1cnc(-c2cccnc2)nc1.Cc1cnc(-c2ccncc2)nc1.Cc1ncc(-c2cccnc2)cn1.Cc1ncc(-c2ccncc2)cn1. The zero-order valence-electron chi connectivity index (χ0n) is 44.0. The lowest BCUT2D eigenvalue weighted by Gasteiger charge is -1.98. The molecule has 0 fully saturated rings. The van der Waals surface area contributed by atoms with Gasteiger partial charge in [-0.25, -0.2) is 59.8 Å². The van der Waals surface area contributed by atoms with E-state index < -0.39 is 0 Å². The van der Waals surface area contributed by atoms with Gasteiger partial charge < -0.3 is 0 Å². The first-order valence-corrected chi connectivity index (χ1v) is 24.5. The lowest BCUT2D eigenvalue weighted by molar-refractivity contribution is 1.05. The number of rotatable bonds is 6. The minimum atomic E-state index is 0.672. The first kappa shape index (κ1) is 55.2. The lowest BCUT2D eigenvalue weighted by Crippen LogP contribution is -1.90. The molecule has 0 N–H and O–H groups in total. The summed E-state index contributed by atoms with van der Waals surface area (Å²) in [6, 6.07) is 31.0. The van der Waals surface area contributed by atoms with Gasteiger partial charge in [0.15, 0.2) is 23.3 Å². The minimum Gasteiger partial charge on any atom is -0.265 e. The normalized spacial score (nSPS) is 9.92. The average molecular weight is 1030 g/mol. The van der Waals surface area contributed by atoms with Crippen molar-refractivity contribution in [2.45, 2.75) is 41.5 Å². The van der Waals surface area contributed by atoms with Gasteiger partial charge in [0.2, 0.25) is 0 Å². The van der Waals surface area contributed by atoms with Crippen molar-refractivity contribution in [3.05, 3.63) is 261 Å². The van der Waals surface area contributed by atoms with Crippen molar-refractivity contribution >= 4 is 0 Å². The van der Waals surface area contributed by atoms with Crippen LogP contribution >= 0.6 is 0 Å². The summed E-state index contributed by atoms with van der Waals surface area (Å²) in [6.45, 7) is 11.6. The summed E-state index contributed by atoms with van der Waals surface area (Å²) in [5, 5.41) is 0. The summed E-state index contributed by atoms with van der Waals surface area (Å²) in [7, 11) is 0. The predicted octanol–water partition coefficient (Wildman–Crippen LogP) is 11.7. The number of pyridine rings is 5. The maximum Gasteiger partial charge on any atom is 0.178 e. The van der Waals surface area contributed by atoms with Gasteiger partial charge in [-0.05, 0) is 124 Å². The molecule has 0 amide bonds. The number of nitrogens with zero attached hydrogens (tertiary/aromatic N) is 17. The van der Waals surface area contributed by atoms with Crippen molar-refractivity contribution in [1.29, 1.82) is 0 Å². The van der Waals surface area contributed by atoms with Crippen LogP contribution < -0.4 is 0 Å². The molecule has 12 rings (SSSR count). The predicted molar refractivity (Wildman–Crippen MR) is 302 cm³/mol. The molecule has 0 spiro atoms. The Bertz CT molecular complexity index is 2910. The lowest BCUT2D eigenvalue weighted by atomic mass is 10.1. The molecule has 0 saturated heterocycles. The maximum absolute atomic E-state index is 4.24. The molecule has 384 valence electrons. The summed E-state index contributed by atoms with van der Waals surface area (Å²) in [5.41, 5.74) is 12.2. The third-order valence-electron chi connectivity index (χ3n) is 10.5. The van der Waals surface area contributed by atoms with E-state index in [1.54, 1.807) is 93.0 Å². The fourth-order valence-electron chi connectivity index (χ4n) is 6.39. The summed E-state index contributed by atoms with van der Waals surface area (Å²) in [5.74, 6) is 4.49. The van der Waals surface area contributed by atoms with Crippen molar-refractivity contribution in [2.24, 2.45) is 0 Å². The van der Waals surface area contributed by atoms with Gasteiger partial charge in [-0.2, -0.15) is 0 Å². The highest BCUT2D eigenvalue weighted by atomic mass is 14.9. The molecule has 1 aromatic carbocycles. The Labute approximate surface area is 453 Å². The second kappa shape index (κ2) is 30.0. The maximum atomic E-state index is 4.24. The van der Waals surface area contributed by atoms with Gasteiger partial charge in [0.05, 0.1) is 0 Å². The molecule has 12 aromatic rings. The first-order valence-electron chi connectivity index (χ1n) is 24.5. The van der Waals surface area contributed by atoms with E-state index in [-0.39, 0.29) is 0 Å². The van der Waals surface area contributed by atoms with E-state index in [1.165, 1.54) is 0 Å². The summed E-state index contributed by atoms with van der Waals surface area (Å²) < 4.78 is 0. The number of hydrogen-bond acceptors (Lipinski definition) is 17. The Hall–Kier alpha value is -10.6. The minimum absolute atomic E-state index is 0.672. The van der Waals surface area contributed by atoms with Crippen LogP contribution in [0.2, 0.25) is 0 Å². The Morgan fingerprint density at radius 2 is 0.564 bits per heavy atom. The molecule has 78 heavy (non-hydrogen) atoms. The quantitative estimate of drug-likeness (QED) is 0.151. The van der Waals surface area contributed by atoms with Gasteiger partial charge in [0.1, 0.15) is 17.3 Å². The second-order valence-corrected chi connectivity index (χ2v) is 16.9. The molecule has 0 atom stereocenters. The molecule has 0 aliphatic rings. The van der Waals surface area contributed by atoms with Crippen molar-refractivity contribution in [2.75, 3.05) is 0 Å². The zero-order chi connectivity index (χ0) is 54.6. The van der Waals surface area contributed by atoms with Gasteiger partial charge in [-0.3, -0.25) is 24.9 Å². The molecule has 0 radical (unpaired) electrons. The molecule has 17 nitrogen and oxygen atoms in total. The third kappa shape index (κ3) is 18.4. The Morgan fingerprint density at radius 3 is 0.974 bits per heavy atom. The van der Waals surface area contributed by atoms with Crippen molar-refractivity contribution in [1.82, 2.24) is 84.7 Å². The Kier molecular flexibility index (Phi) is 21.2. The zero-order valence-corrected chi connectivity index (χ0v) is 44.0. The van der Waals surface area contributed by atoms with E-state index in [0.717, 1.165) is 96.0 Å². The van der Waals surface area contributed by atoms with Crippen LogP contribution in [-0.2, 0) is 0 Å². The van der Waals surface area contributed by atoms with E-state index in [0.29, 0.717) is 5.82 Å². The fraction of sp³-hybridized carbons (Fsp3) is 0.0984. The number of hydrogen-bond donors (Lipinski definition) is 0. The van der Waals surface area contributed by atoms with Gasteiger partial charge in [0.25, 0.3) is 0 Å². The topological polar surface area (TPSA) is 219 Å². The largest absolute Gasteiger partial charge is 0.265 e. The second-order valence-electron chi connectivity index (χ2n) is 16.9. The average Bonchev–Trinajstić information content (AvgIpc) is 3.51. The van der Waals surface area contributed by atoms with E-state index in [1.807, 2.05) is 176 Å². The molecule has 11 heterocycles. The molecular weight excluding hydrogens is 971 g/mol. The molecule has 0 unspecified atom stereocenters. The van der Waals surface area contributed by atoms with Crippen LogP contribution in [0.25, 0.3) is 67.9 Å². The summed E-state index contributed by atoms with van der Waals surface area (Å²) >= 11 is 0. The van der Waals surface area contributed by atoms with E-state index in [2.05, 4.69) is 84.7 Å². The number of benzene rings is 1. The fourth-order valence-corrected chi connectivity index (χ4v) is 6.39. The van der Waals surface area contributed by atoms with Gasteiger partial charge in [0, 0.05) is 164 Å². The Morgan fingerprint density at radius 1 is 0.205 bits per heavy atom.